The molecule has 0 unspecified atom stereocenters. The summed E-state index contributed by atoms with van der Waals surface area (Å²) < 4.78 is 6.50. The van der Waals surface area contributed by atoms with E-state index in [4.69, 9.17) is 9.68 Å². The van der Waals surface area contributed by atoms with Gasteiger partial charge in [-0.2, -0.15) is 14.9 Å². The van der Waals surface area contributed by atoms with Crippen LogP contribution in [0.1, 0.15) is 16.2 Å². The Kier molecular flexibility index (Phi) is 4.04. The van der Waals surface area contributed by atoms with Crippen molar-refractivity contribution in [3.8, 4) is 23.3 Å². The summed E-state index contributed by atoms with van der Waals surface area (Å²) in [7, 11) is 0. The molecule has 0 aliphatic heterocycles. The molecule has 0 aromatic carbocycles. The molecule has 0 aliphatic carbocycles. The minimum atomic E-state index is -0.544. The summed E-state index contributed by atoms with van der Waals surface area (Å²) in [6.45, 7) is 0. The van der Waals surface area contributed by atoms with Crippen molar-refractivity contribution in [1.29, 1.82) is 5.26 Å². The Hall–Kier alpha value is -4.46. The molecule has 0 bridgehead atoms. The molecule has 11 heteroatoms. The Morgan fingerprint density at radius 2 is 2.11 bits per heavy atom. The number of nitriles is 1. The van der Waals surface area contributed by atoms with Crippen LogP contribution in [-0.4, -0.2) is 40.8 Å². The van der Waals surface area contributed by atoms with Crippen LogP contribution in [0.4, 0.5) is 6.01 Å². The lowest BCUT2D eigenvalue weighted by Gasteiger charge is -2.03. The molecule has 0 atom stereocenters. The van der Waals surface area contributed by atoms with Crippen LogP contribution >= 0.6 is 0 Å². The van der Waals surface area contributed by atoms with Gasteiger partial charge >= 0.3 is 6.01 Å². The van der Waals surface area contributed by atoms with Crippen LogP contribution < -0.4 is 5.32 Å². The molecule has 1 amide bonds. The van der Waals surface area contributed by atoms with E-state index in [1.165, 1.54) is 35.7 Å². The van der Waals surface area contributed by atoms with E-state index < -0.39 is 5.91 Å². The summed E-state index contributed by atoms with van der Waals surface area (Å²) in [5, 5.41) is 19.0. The monoisotopic (exact) mass is 359 g/mol. The van der Waals surface area contributed by atoms with Gasteiger partial charge in [0.15, 0.2) is 11.5 Å². The first-order valence-electron chi connectivity index (χ1n) is 7.56. The second kappa shape index (κ2) is 6.81. The van der Waals surface area contributed by atoms with Gasteiger partial charge in [-0.05, 0) is 12.1 Å². The first kappa shape index (κ1) is 16.0. The zero-order valence-electron chi connectivity index (χ0n) is 13.5. The first-order valence-corrected chi connectivity index (χ1v) is 7.56. The number of amides is 1. The molecule has 0 saturated carbocycles. The molecular formula is C16H9N9O2. The number of carbonyl (C=O) groups is 1. The highest BCUT2D eigenvalue weighted by molar-refractivity contribution is 6.02. The highest BCUT2D eigenvalue weighted by Gasteiger charge is 2.18. The predicted molar refractivity (Wildman–Crippen MR) is 89.4 cm³/mol. The summed E-state index contributed by atoms with van der Waals surface area (Å²) in [6, 6.07) is 6.85. The van der Waals surface area contributed by atoms with Gasteiger partial charge in [0.2, 0.25) is 0 Å². The number of hydrogen-bond acceptors (Lipinski definition) is 9. The molecule has 0 saturated heterocycles. The van der Waals surface area contributed by atoms with Crippen LogP contribution in [0.2, 0.25) is 0 Å². The Morgan fingerprint density at radius 1 is 1.19 bits per heavy atom. The van der Waals surface area contributed by atoms with Gasteiger partial charge in [0.05, 0.1) is 18.1 Å². The standard InChI is InChI=1S/C16H9N9O2/c17-6-10-2-1-3-11(21-10)12-9-27-16(22-12)23-15(26)13-7-20-24-25(13)14-8-18-4-5-19-14/h1-5,7-9H,(H,22,23,26). The van der Waals surface area contributed by atoms with Gasteiger partial charge in [-0.25, -0.2) is 9.97 Å². The highest BCUT2D eigenvalue weighted by Crippen LogP contribution is 2.19. The number of aromatic nitrogens is 7. The second-order valence-electron chi connectivity index (χ2n) is 5.11. The number of hydrogen-bond donors (Lipinski definition) is 1. The Morgan fingerprint density at radius 3 is 2.93 bits per heavy atom. The molecule has 4 aromatic rings. The first-order chi connectivity index (χ1) is 13.2. The van der Waals surface area contributed by atoms with Crippen LogP contribution in [0.25, 0.3) is 17.2 Å². The van der Waals surface area contributed by atoms with E-state index in [0.29, 0.717) is 17.2 Å². The smallest absolute Gasteiger partial charge is 0.302 e. The van der Waals surface area contributed by atoms with Crippen LogP contribution in [0, 0.1) is 11.3 Å². The Bertz CT molecular complexity index is 1140. The molecule has 1 N–H and O–H groups in total. The zero-order chi connectivity index (χ0) is 18.6. The number of nitrogens with one attached hydrogen (secondary N) is 1. The topological polar surface area (TPSA) is 148 Å². The third-order valence-corrected chi connectivity index (χ3v) is 3.40. The average Bonchev–Trinajstić information content (AvgIpc) is 3.38. The van der Waals surface area contributed by atoms with Crippen molar-refractivity contribution in [2.75, 3.05) is 5.32 Å². The molecular weight excluding hydrogens is 350 g/mol. The predicted octanol–water partition coefficient (Wildman–Crippen LogP) is 1.23. The number of pyridine rings is 1. The summed E-state index contributed by atoms with van der Waals surface area (Å²) in [5.74, 6) is -0.205. The average molecular weight is 359 g/mol. The van der Waals surface area contributed by atoms with Crippen molar-refractivity contribution < 1.29 is 9.21 Å². The van der Waals surface area contributed by atoms with E-state index in [-0.39, 0.29) is 17.4 Å². The molecule has 11 nitrogen and oxygen atoms in total. The normalized spacial score (nSPS) is 10.3. The maximum Gasteiger partial charge on any atom is 0.302 e. The van der Waals surface area contributed by atoms with Gasteiger partial charge < -0.3 is 4.42 Å². The van der Waals surface area contributed by atoms with Gasteiger partial charge in [-0.15, -0.1) is 5.10 Å². The summed E-state index contributed by atoms with van der Waals surface area (Å²) in [5.41, 5.74) is 1.20. The van der Waals surface area contributed by atoms with Crippen LogP contribution in [0.15, 0.2) is 53.7 Å². The molecule has 4 aromatic heterocycles. The van der Waals surface area contributed by atoms with Gasteiger partial charge in [-0.1, -0.05) is 11.3 Å². The Balaban J connectivity index is 1.56. The van der Waals surface area contributed by atoms with Gasteiger partial charge in [0.1, 0.15) is 23.7 Å². The fourth-order valence-electron chi connectivity index (χ4n) is 2.21. The van der Waals surface area contributed by atoms with Crippen molar-refractivity contribution in [2.45, 2.75) is 0 Å². The van der Waals surface area contributed by atoms with E-state index >= 15 is 0 Å². The quantitative estimate of drug-likeness (QED) is 0.567. The molecule has 4 heterocycles. The summed E-state index contributed by atoms with van der Waals surface area (Å²) in [6.07, 6.45) is 7.04. The van der Waals surface area contributed by atoms with Crippen molar-refractivity contribution in [3.05, 3.63) is 60.6 Å². The summed E-state index contributed by atoms with van der Waals surface area (Å²) in [4.78, 5) is 28.8. The molecule has 0 radical (unpaired) electrons. The molecule has 0 fully saturated rings. The fraction of sp³-hybridized carbons (Fsp3) is 0. The third kappa shape index (κ3) is 3.22. The minimum absolute atomic E-state index is 0.0361. The third-order valence-electron chi connectivity index (χ3n) is 3.40. The molecule has 0 spiro atoms. The van der Waals surface area contributed by atoms with E-state index in [9.17, 15) is 4.79 Å². The number of nitrogens with zero attached hydrogens (tertiary/aromatic N) is 8. The van der Waals surface area contributed by atoms with E-state index in [2.05, 4.69) is 35.6 Å². The van der Waals surface area contributed by atoms with Crippen molar-refractivity contribution >= 4 is 11.9 Å². The largest absolute Gasteiger partial charge is 0.431 e. The van der Waals surface area contributed by atoms with Crippen LogP contribution in [-0.2, 0) is 0 Å². The second-order valence-corrected chi connectivity index (χ2v) is 5.11. The number of rotatable bonds is 4. The lowest BCUT2D eigenvalue weighted by molar-refractivity contribution is 0.101. The summed E-state index contributed by atoms with van der Waals surface area (Å²) >= 11 is 0. The minimum Gasteiger partial charge on any atom is -0.431 e. The van der Waals surface area contributed by atoms with Gasteiger partial charge in [0, 0.05) is 12.4 Å². The molecule has 4 rings (SSSR count). The Labute approximate surface area is 151 Å². The molecule has 130 valence electrons. The van der Waals surface area contributed by atoms with Gasteiger partial charge in [-0.3, -0.25) is 15.1 Å². The van der Waals surface area contributed by atoms with E-state index in [1.54, 1.807) is 18.2 Å². The van der Waals surface area contributed by atoms with Crippen molar-refractivity contribution in [2.24, 2.45) is 0 Å². The lowest BCUT2D eigenvalue weighted by atomic mass is 10.2. The van der Waals surface area contributed by atoms with Crippen molar-refractivity contribution in [3.63, 3.8) is 0 Å². The zero-order valence-corrected chi connectivity index (χ0v) is 13.5. The maximum absolute atomic E-state index is 12.5. The highest BCUT2D eigenvalue weighted by atomic mass is 16.4. The van der Waals surface area contributed by atoms with Crippen LogP contribution in [0.5, 0.6) is 0 Å². The SMILES string of the molecule is N#Cc1cccc(-c2coc(NC(=O)c3cnnn3-c3cnccn3)n2)n1. The number of carbonyl (C=O) groups excluding carboxylic acids is 1. The fourth-order valence-corrected chi connectivity index (χ4v) is 2.21. The number of oxazole rings is 1. The van der Waals surface area contributed by atoms with E-state index in [0.717, 1.165) is 0 Å². The molecule has 27 heavy (non-hydrogen) atoms. The van der Waals surface area contributed by atoms with Gasteiger partial charge in [0.25, 0.3) is 5.91 Å². The maximum atomic E-state index is 12.5. The van der Waals surface area contributed by atoms with E-state index in [1.807, 2.05) is 6.07 Å². The van der Waals surface area contributed by atoms with Crippen molar-refractivity contribution in [1.82, 2.24) is 34.9 Å². The lowest BCUT2D eigenvalue weighted by Crippen LogP contribution is -2.17. The molecule has 0 aliphatic rings. The number of anilines is 1. The van der Waals surface area contributed by atoms with Crippen LogP contribution in [0.3, 0.4) is 0 Å².